The van der Waals surface area contributed by atoms with E-state index in [1.54, 1.807) is 23.6 Å². The van der Waals surface area contributed by atoms with Crippen LogP contribution in [0.25, 0.3) is 58.6 Å². The van der Waals surface area contributed by atoms with Crippen molar-refractivity contribution in [3.63, 3.8) is 0 Å². The van der Waals surface area contributed by atoms with E-state index in [4.69, 9.17) is 19.4 Å². The van der Waals surface area contributed by atoms with Gasteiger partial charge < -0.3 is 10.2 Å². The van der Waals surface area contributed by atoms with Crippen LogP contribution in [-0.4, -0.2) is 28.2 Å². The van der Waals surface area contributed by atoms with Crippen molar-refractivity contribution in [3.8, 4) is 11.3 Å². The quantitative estimate of drug-likeness (QED) is 0.130. The maximum absolute atomic E-state index is 14.4. The zero-order valence-electron chi connectivity index (χ0n) is 44.3. The van der Waals surface area contributed by atoms with Crippen molar-refractivity contribution in [2.45, 2.75) is 116 Å². The van der Waals surface area contributed by atoms with Crippen LogP contribution in [0.2, 0.25) is 17.3 Å². The molecule has 10 rings (SSSR count). The molecule has 0 spiro atoms. The van der Waals surface area contributed by atoms with Gasteiger partial charge in [-0.15, -0.1) is 16.6 Å². The molecule has 0 radical (unpaired) electrons. The molecule has 5 nitrogen and oxygen atoms in total. The van der Waals surface area contributed by atoms with Crippen LogP contribution < -0.4 is 9.30 Å². The standard InChI is InChI=1S/C44H44N4S.C15H17FGeN.Ir/c1-25-18-19-26-20-21-34-38(36(26)46-25)48(37-32(43(5,6)7)22-28(42(2,3)4)23-33(37)44(8,9)10)40(47-34)31-17-13-16-30-35-29-15-12-11-14-27(29)24-45-41(35)49-39(30)31;1-11-6-5-7-13(15(11)16)14-9-8-12(10-18-14)17(2,3)4;/h11-16,18-24,40H,1-10H3;5-6,8-10H,1-4H3;/q-2;-1;+3/i;1D3;. The first-order chi connectivity index (χ1) is 32.7. The van der Waals surface area contributed by atoms with Crippen LogP contribution in [0.5, 0.6) is 0 Å². The topological polar surface area (TPSA) is 56.0 Å². The maximum Gasteiger partial charge on any atom is 3.00 e. The molecule has 1 atom stereocenters. The van der Waals surface area contributed by atoms with E-state index in [0.717, 1.165) is 43.8 Å². The number of hydrogen-bond donors (Lipinski definition) is 0. The molecule has 9 heteroatoms. The fourth-order valence-electron chi connectivity index (χ4n) is 9.04. The Bertz CT molecular complexity index is 3450. The molecule has 5 aromatic carbocycles. The first-order valence-electron chi connectivity index (χ1n) is 24.6. The van der Waals surface area contributed by atoms with Crippen LogP contribution >= 0.6 is 11.3 Å². The number of aromatic nitrogens is 3. The van der Waals surface area contributed by atoms with Crippen molar-refractivity contribution in [1.82, 2.24) is 15.0 Å². The Morgan fingerprint density at radius 3 is 2.09 bits per heavy atom. The Morgan fingerprint density at radius 2 is 1.44 bits per heavy atom. The third kappa shape index (κ3) is 9.14. The molecule has 0 amide bonds. The molecule has 0 fully saturated rings. The average Bonchev–Trinajstić information content (AvgIpc) is 3.87. The summed E-state index contributed by atoms with van der Waals surface area (Å²) in [5.74, 6) is 5.98. The largest absolute Gasteiger partial charge is 3.00 e. The van der Waals surface area contributed by atoms with Crippen molar-refractivity contribution < 1.29 is 28.6 Å². The zero-order chi connectivity index (χ0) is 50.5. The first-order valence-corrected chi connectivity index (χ1v) is 31.3. The summed E-state index contributed by atoms with van der Waals surface area (Å²) in [7, 11) is 0. The molecular weight excluding hydrogens is 1090 g/mol. The number of fused-ring (bicyclic) bond motifs is 8. The second kappa shape index (κ2) is 18.1. The Kier molecular flexibility index (Phi) is 12.1. The minimum absolute atomic E-state index is 0. The molecule has 4 aromatic heterocycles. The van der Waals surface area contributed by atoms with Gasteiger partial charge in [0.05, 0.1) is 11.2 Å². The Balaban J connectivity index is 0.000000259. The fraction of sp³-hybridized carbons (Fsp3) is 0.305. The van der Waals surface area contributed by atoms with E-state index in [9.17, 15) is 4.39 Å². The number of nitrogens with zero attached hydrogens (tertiary/aromatic N) is 5. The zero-order valence-corrected chi connectivity index (χ0v) is 46.6. The summed E-state index contributed by atoms with van der Waals surface area (Å²) in [5, 5.41) is 11.5. The smallest absolute Gasteiger partial charge is 3.00 e. The molecule has 348 valence electrons. The number of pyridine rings is 3. The van der Waals surface area contributed by atoms with E-state index < -0.39 is 25.9 Å². The fourth-order valence-corrected chi connectivity index (χ4v) is 12.4. The molecule has 1 unspecified atom stereocenters. The summed E-state index contributed by atoms with van der Waals surface area (Å²) in [6, 6.07) is 39.3. The minimum Gasteiger partial charge on any atom is 3.00 e. The van der Waals surface area contributed by atoms with Crippen LogP contribution in [0, 0.1) is 31.7 Å². The van der Waals surface area contributed by atoms with Crippen molar-refractivity contribution >= 4 is 88.0 Å². The van der Waals surface area contributed by atoms with Gasteiger partial charge in [0, 0.05) is 33.7 Å². The molecule has 1 aliphatic rings. The number of benzene rings is 5. The van der Waals surface area contributed by atoms with Gasteiger partial charge in [0.15, 0.2) is 0 Å². The first kappa shape index (κ1) is 45.5. The van der Waals surface area contributed by atoms with Gasteiger partial charge in [0.1, 0.15) is 4.83 Å². The van der Waals surface area contributed by atoms with Gasteiger partial charge in [0.2, 0.25) is 0 Å². The van der Waals surface area contributed by atoms with E-state index >= 15 is 0 Å². The van der Waals surface area contributed by atoms with Crippen LogP contribution in [0.4, 0.5) is 21.5 Å². The predicted molar refractivity (Wildman–Crippen MR) is 287 cm³/mol. The van der Waals surface area contributed by atoms with Gasteiger partial charge in [-0.3, -0.25) is 4.98 Å². The average molecular weight is 1160 g/mol. The van der Waals surface area contributed by atoms with Gasteiger partial charge in [-0.2, -0.15) is 29.5 Å². The number of anilines is 2. The molecule has 0 saturated heterocycles. The molecular formula is C59H61FGeIrN5S. The van der Waals surface area contributed by atoms with E-state index in [-0.39, 0.29) is 53.6 Å². The summed E-state index contributed by atoms with van der Waals surface area (Å²) in [4.78, 5) is 18.0. The second-order valence-electron chi connectivity index (χ2n) is 22.0. The van der Waals surface area contributed by atoms with E-state index in [1.807, 2.05) is 12.3 Å². The van der Waals surface area contributed by atoms with Crippen LogP contribution in [0.3, 0.4) is 0 Å². The molecule has 9 aromatic rings. The molecule has 0 bridgehead atoms. The predicted octanol–water partition coefficient (Wildman–Crippen LogP) is 16.5. The van der Waals surface area contributed by atoms with Crippen molar-refractivity contribution in [2.75, 3.05) is 4.90 Å². The number of aryl methyl sites for hydroxylation is 2. The van der Waals surface area contributed by atoms with E-state index in [2.05, 4.69) is 181 Å². The summed E-state index contributed by atoms with van der Waals surface area (Å²) in [5.41, 5.74) is 10.2. The SMILES string of the molecule is Cc1ccc2ccc3c(c2n1)N(c1c(C(C)(C)C)cc(C(C)(C)C)cc1C(C)(C)C)C(c1[c-]ccc2c1sc1ncc4ccccc4c12)[N-]3.[2H]C([2H])([2H])c1cc[c-]c(-c2cc[c]([Ge]([CH3])([CH3])[CH3])cn2)c1F.[Ir+3]. The van der Waals surface area contributed by atoms with E-state index in [0.29, 0.717) is 5.69 Å². The van der Waals surface area contributed by atoms with Crippen molar-refractivity contribution in [2.24, 2.45) is 0 Å². The van der Waals surface area contributed by atoms with Crippen LogP contribution in [0.15, 0.2) is 109 Å². The van der Waals surface area contributed by atoms with Crippen molar-refractivity contribution in [3.05, 3.63) is 166 Å². The monoisotopic (exact) mass is 1160 g/mol. The second-order valence-corrected chi connectivity index (χ2v) is 33.7. The third-order valence-electron chi connectivity index (χ3n) is 12.8. The number of halogens is 1. The van der Waals surface area contributed by atoms with Gasteiger partial charge in [-0.05, 0) is 57.5 Å². The Hall–Kier alpha value is -4.99. The van der Waals surface area contributed by atoms with Crippen molar-refractivity contribution in [1.29, 1.82) is 0 Å². The summed E-state index contributed by atoms with van der Waals surface area (Å²) in [6.07, 6.45) is 3.43. The van der Waals surface area contributed by atoms with Gasteiger partial charge in [-0.1, -0.05) is 122 Å². The molecule has 0 saturated carbocycles. The Labute approximate surface area is 427 Å². The Morgan fingerprint density at radius 1 is 0.750 bits per heavy atom. The van der Waals surface area contributed by atoms with E-state index in [1.165, 1.54) is 59.8 Å². The minimum atomic E-state index is -2.48. The molecule has 68 heavy (non-hydrogen) atoms. The molecule has 1 aliphatic heterocycles. The number of rotatable bonds is 4. The van der Waals surface area contributed by atoms with Crippen LogP contribution in [0.1, 0.15) is 106 Å². The van der Waals surface area contributed by atoms with Gasteiger partial charge in [-0.25, -0.2) is 4.98 Å². The molecule has 0 N–H and O–H groups in total. The normalized spacial score (nSPS) is 15.1. The molecule has 5 heterocycles. The van der Waals surface area contributed by atoms with Gasteiger partial charge in [0.25, 0.3) is 0 Å². The number of hydrogen-bond acceptors (Lipinski definition) is 5. The summed E-state index contributed by atoms with van der Waals surface area (Å²) < 4.78 is 38.8. The third-order valence-corrected chi connectivity index (χ3v) is 18.2. The number of thiophene rings is 1. The molecule has 0 aliphatic carbocycles. The van der Waals surface area contributed by atoms with Gasteiger partial charge >= 0.3 is 135 Å². The summed E-state index contributed by atoms with van der Waals surface area (Å²) in [6.45, 7) is 20.6. The maximum atomic E-state index is 14.4. The summed E-state index contributed by atoms with van der Waals surface area (Å²) >= 11 is -0.213. The van der Waals surface area contributed by atoms with Crippen LogP contribution in [-0.2, 0) is 36.4 Å².